The van der Waals surface area contributed by atoms with Crippen molar-refractivity contribution in [3.05, 3.63) is 70.3 Å². The molecule has 1 aromatic carbocycles. The number of hydrogen-bond acceptors (Lipinski definition) is 10. The van der Waals surface area contributed by atoms with Crippen LogP contribution in [-0.4, -0.2) is 124 Å². The van der Waals surface area contributed by atoms with Crippen molar-refractivity contribution in [3.63, 3.8) is 0 Å². The number of benzene rings is 1. The second-order valence-corrected chi connectivity index (χ2v) is 15.3. The van der Waals surface area contributed by atoms with Crippen LogP contribution >= 0.6 is 11.6 Å². The molecule has 0 radical (unpaired) electrons. The standard InChI is InChI=1S/C39H39ClFN9O5/c40-35-26(20-43-36-34(35)25(19-42-36)22-5-6-22)28-3-1-4-31(44-28)49-16-13-47(21-33(49)52)10-2-9-46-11-14-48(15-12-46)30-18-24-23(17-27(30)41)38(54)50(39(24)55)29-7-8-32(51)45-37(29)53/h1,3-4,17-20,22,29H,2,5-16,21H2,(H,42,43)(H,45,51,53). The lowest BCUT2D eigenvalue weighted by atomic mass is 10.0. The minimum Gasteiger partial charge on any atom is -0.367 e. The fraction of sp³-hybridized carbons (Fsp3) is 0.410. The number of nitrogens with one attached hydrogen (secondary N) is 2. The quantitative estimate of drug-likeness (QED) is 0.242. The van der Waals surface area contributed by atoms with Crippen LogP contribution in [0.1, 0.15) is 64.3 Å². The van der Waals surface area contributed by atoms with E-state index in [9.17, 15) is 24.0 Å². The van der Waals surface area contributed by atoms with Gasteiger partial charge in [0, 0.05) is 69.0 Å². The van der Waals surface area contributed by atoms with E-state index in [0.29, 0.717) is 68.3 Å². The van der Waals surface area contributed by atoms with Gasteiger partial charge in [0.05, 0.1) is 34.1 Å². The molecule has 1 unspecified atom stereocenters. The van der Waals surface area contributed by atoms with Crippen molar-refractivity contribution in [2.24, 2.45) is 0 Å². The van der Waals surface area contributed by atoms with Crippen LogP contribution in [0.4, 0.5) is 15.9 Å². The third kappa shape index (κ3) is 6.53. The van der Waals surface area contributed by atoms with E-state index in [0.717, 1.165) is 59.9 Å². The number of rotatable bonds is 9. The molecule has 14 nitrogen and oxygen atoms in total. The fourth-order valence-corrected chi connectivity index (χ4v) is 8.65. The molecule has 2 N–H and O–H groups in total. The maximum absolute atomic E-state index is 15.4. The number of imide groups is 2. The molecule has 4 fully saturated rings. The normalized spacial score (nSPS) is 21.2. The number of H-pyrrole nitrogens is 1. The number of piperidine rings is 1. The molecule has 3 saturated heterocycles. The van der Waals surface area contributed by atoms with Crippen molar-refractivity contribution in [1.82, 2.24) is 35.0 Å². The average Bonchev–Trinajstić information content (AvgIpc) is 3.88. The zero-order valence-electron chi connectivity index (χ0n) is 30.0. The lowest BCUT2D eigenvalue weighted by Gasteiger charge is -2.37. The van der Waals surface area contributed by atoms with Crippen LogP contribution in [0.2, 0.25) is 5.02 Å². The highest BCUT2D eigenvalue weighted by atomic mass is 35.5. The van der Waals surface area contributed by atoms with Gasteiger partial charge in [-0.15, -0.1) is 0 Å². The zero-order chi connectivity index (χ0) is 38.0. The molecule has 1 atom stereocenters. The summed E-state index contributed by atoms with van der Waals surface area (Å²) < 4.78 is 15.4. The molecule has 55 heavy (non-hydrogen) atoms. The van der Waals surface area contributed by atoms with E-state index in [1.807, 2.05) is 29.3 Å². The molecule has 3 aromatic heterocycles. The van der Waals surface area contributed by atoms with Gasteiger partial charge in [-0.05, 0) is 74.5 Å². The Balaban J connectivity index is 0.767. The number of amides is 5. The molecule has 9 rings (SSSR count). The van der Waals surface area contributed by atoms with Crippen molar-refractivity contribution in [3.8, 4) is 11.3 Å². The molecule has 0 spiro atoms. The lowest BCUT2D eigenvalue weighted by Crippen LogP contribution is -2.54. The predicted molar refractivity (Wildman–Crippen MR) is 201 cm³/mol. The van der Waals surface area contributed by atoms with Gasteiger partial charge in [0.15, 0.2) is 0 Å². The summed E-state index contributed by atoms with van der Waals surface area (Å²) in [5, 5.41) is 3.75. The number of halogens is 2. The third-order valence-electron chi connectivity index (χ3n) is 11.4. The van der Waals surface area contributed by atoms with Gasteiger partial charge in [0.25, 0.3) is 11.8 Å². The molecule has 16 heteroatoms. The number of aromatic nitrogens is 3. The first-order chi connectivity index (χ1) is 26.6. The summed E-state index contributed by atoms with van der Waals surface area (Å²) in [6.45, 7) is 5.52. The first-order valence-corrected chi connectivity index (χ1v) is 19.2. The number of nitrogens with zero attached hydrogens (tertiary/aromatic N) is 7. The van der Waals surface area contributed by atoms with Crippen LogP contribution in [-0.2, 0) is 14.4 Å². The smallest absolute Gasteiger partial charge is 0.262 e. The highest BCUT2D eigenvalue weighted by Gasteiger charge is 2.45. The molecule has 5 aliphatic rings. The second kappa shape index (κ2) is 14.1. The Hall–Kier alpha value is -5.25. The topological polar surface area (TPSA) is 155 Å². The molecule has 0 bridgehead atoms. The number of fused-ring (bicyclic) bond motifs is 2. The van der Waals surface area contributed by atoms with Crippen LogP contribution in [0.25, 0.3) is 22.3 Å². The Kier molecular flexibility index (Phi) is 9.10. The molecular weight excluding hydrogens is 729 g/mol. The minimum absolute atomic E-state index is 0.0115. The molecule has 5 amide bonds. The molecule has 7 heterocycles. The van der Waals surface area contributed by atoms with Gasteiger partial charge < -0.3 is 9.88 Å². The molecular formula is C39H39ClFN9O5. The van der Waals surface area contributed by atoms with Crippen molar-refractivity contribution in [2.75, 3.05) is 68.7 Å². The number of aromatic amines is 1. The maximum Gasteiger partial charge on any atom is 0.262 e. The fourth-order valence-electron chi connectivity index (χ4n) is 8.31. The van der Waals surface area contributed by atoms with E-state index in [-0.39, 0.29) is 35.6 Å². The summed E-state index contributed by atoms with van der Waals surface area (Å²) in [6.07, 6.45) is 6.95. The van der Waals surface area contributed by atoms with Crippen molar-refractivity contribution < 1.29 is 28.4 Å². The number of hydrogen-bond donors (Lipinski definition) is 2. The summed E-state index contributed by atoms with van der Waals surface area (Å²) in [6, 6.07) is 7.03. The Bertz CT molecular complexity index is 2270. The summed E-state index contributed by atoms with van der Waals surface area (Å²) in [4.78, 5) is 85.3. The van der Waals surface area contributed by atoms with E-state index in [1.54, 1.807) is 11.1 Å². The Morgan fingerprint density at radius 2 is 1.62 bits per heavy atom. The van der Waals surface area contributed by atoms with Crippen molar-refractivity contribution in [1.29, 1.82) is 0 Å². The molecule has 1 saturated carbocycles. The van der Waals surface area contributed by atoms with E-state index in [4.69, 9.17) is 16.6 Å². The van der Waals surface area contributed by atoms with Gasteiger partial charge in [0.1, 0.15) is 23.3 Å². The van der Waals surface area contributed by atoms with Gasteiger partial charge in [-0.3, -0.25) is 48.9 Å². The monoisotopic (exact) mass is 767 g/mol. The first-order valence-electron chi connectivity index (χ1n) is 18.8. The molecule has 284 valence electrons. The molecule has 1 aliphatic carbocycles. The van der Waals surface area contributed by atoms with E-state index in [2.05, 4.69) is 25.1 Å². The van der Waals surface area contributed by atoms with Gasteiger partial charge in [-0.1, -0.05) is 17.7 Å². The number of carbonyl (C=O) groups excluding carboxylic acids is 5. The van der Waals surface area contributed by atoms with E-state index < -0.39 is 35.5 Å². The molecule has 4 aromatic rings. The summed E-state index contributed by atoms with van der Waals surface area (Å²) in [5.41, 5.74) is 3.61. The minimum atomic E-state index is -1.11. The number of pyridine rings is 2. The van der Waals surface area contributed by atoms with Crippen LogP contribution in [0.3, 0.4) is 0 Å². The summed E-state index contributed by atoms with van der Waals surface area (Å²) >= 11 is 6.94. The summed E-state index contributed by atoms with van der Waals surface area (Å²) in [5.74, 6) is -2.06. The van der Waals surface area contributed by atoms with Gasteiger partial charge in [-0.2, -0.15) is 0 Å². The second-order valence-electron chi connectivity index (χ2n) is 14.9. The first kappa shape index (κ1) is 35.5. The lowest BCUT2D eigenvalue weighted by molar-refractivity contribution is -0.136. The van der Waals surface area contributed by atoms with Gasteiger partial charge in [0.2, 0.25) is 17.7 Å². The van der Waals surface area contributed by atoms with Crippen LogP contribution < -0.4 is 15.1 Å². The largest absolute Gasteiger partial charge is 0.367 e. The molecule has 4 aliphatic heterocycles. The van der Waals surface area contributed by atoms with E-state index >= 15 is 4.39 Å². The highest BCUT2D eigenvalue weighted by Crippen LogP contribution is 2.46. The van der Waals surface area contributed by atoms with Crippen molar-refractivity contribution in [2.45, 2.75) is 44.1 Å². The summed E-state index contributed by atoms with van der Waals surface area (Å²) in [7, 11) is 0. The van der Waals surface area contributed by atoms with Crippen LogP contribution in [0.15, 0.2) is 42.7 Å². The Morgan fingerprint density at radius 3 is 2.36 bits per heavy atom. The number of anilines is 2. The maximum atomic E-state index is 15.4. The van der Waals surface area contributed by atoms with Crippen LogP contribution in [0.5, 0.6) is 0 Å². The van der Waals surface area contributed by atoms with Gasteiger partial charge >= 0.3 is 0 Å². The zero-order valence-corrected chi connectivity index (χ0v) is 30.8. The number of piperazine rings is 2. The average molecular weight is 768 g/mol. The predicted octanol–water partition coefficient (Wildman–Crippen LogP) is 3.56. The number of carbonyl (C=O) groups is 5. The Labute approximate surface area is 320 Å². The van der Waals surface area contributed by atoms with Gasteiger partial charge in [-0.25, -0.2) is 14.4 Å². The highest BCUT2D eigenvalue weighted by molar-refractivity contribution is 6.38. The third-order valence-corrected chi connectivity index (χ3v) is 11.8. The Morgan fingerprint density at radius 1 is 0.873 bits per heavy atom. The van der Waals surface area contributed by atoms with E-state index in [1.165, 1.54) is 11.6 Å². The SMILES string of the molecule is O=C1CCC(N2C(=O)c3cc(F)c(N4CCN(CCCN5CCN(c6cccc(-c7cnc8[nH]cc(C9CC9)c8c7Cl)n6)C(=O)C5)CC4)cc3C2=O)C(=O)N1. The van der Waals surface area contributed by atoms with Crippen LogP contribution in [0, 0.1) is 5.82 Å². The van der Waals surface area contributed by atoms with Crippen molar-refractivity contribution >= 4 is 63.7 Å².